The van der Waals surface area contributed by atoms with Gasteiger partial charge in [0, 0.05) is 18.6 Å². The van der Waals surface area contributed by atoms with Crippen molar-refractivity contribution >= 4 is 5.91 Å². The van der Waals surface area contributed by atoms with Crippen LogP contribution in [0.25, 0.3) is 0 Å². The lowest BCUT2D eigenvalue weighted by Gasteiger charge is -2.12. The highest BCUT2D eigenvalue weighted by atomic mass is 19.2. The summed E-state index contributed by atoms with van der Waals surface area (Å²) in [6.07, 6.45) is 1.02. The molecule has 1 aliphatic carbocycles. The molecule has 2 N–H and O–H groups in total. The molecule has 1 fully saturated rings. The molecule has 1 aromatic rings. The summed E-state index contributed by atoms with van der Waals surface area (Å²) in [5, 5.41) is 11.5. The number of amides is 1. The molecule has 3 atom stereocenters. The van der Waals surface area contributed by atoms with Crippen molar-refractivity contribution in [3.05, 3.63) is 35.4 Å². The van der Waals surface area contributed by atoms with Gasteiger partial charge >= 0.3 is 0 Å². The van der Waals surface area contributed by atoms with Crippen molar-refractivity contribution in [2.45, 2.75) is 31.7 Å². The van der Waals surface area contributed by atoms with E-state index in [0.29, 0.717) is 12.8 Å². The Morgan fingerprint density at radius 3 is 2.95 bits per heavy atom. The van der Waals surface area contributed by atoms with Gasteiger partial charge in [-0.2, -0.15) is 0 Å². The quantitative estimate of drug-likeness (QED) is 0.858. The van der Waals surface area contributed by atoms with Gasteiger partial charge in [0.2, 0.25) is 5.91 Å². The number of halogens is 2. The molecule has 104 valence electrons. The number of carbonyl (C=O) groups is 1. The van der Waals surface area contributed by atoms with Gasteiger partial charge in [-0.1, -0.05) is 12.1 Å². The van der Waals surface area contributed by atoms with Crippen LogP contribution in [0.3, 0.4) is 0 Å². The normalized spacial score (nSPS) is 22.9. The van der Waals surface area contributed by atoms with Crippen LogP contribution in [0.2, 0.25) is 0 Å². The fourth-order valence-electron chi connectivity index (χ4n) is 2.25. The number of benzene rings is 1. The highest BCUT2D eigenvalue weighted by Crippen LogP contribution is 2.48. The van der Waals surface area contributed by atoms with Crippen LogP contribution >= 0.6 is 0 Å². The number of hydrogen-bond donors (Lipinski definition) is 2. The zero-order chi connectivity index (χ0) is 14.0. The lowest BCUT2D eigenvalue weighted by molar-refractivity contribution is -0.123. The second-order valence-corrected chi connectivity index (χ2v) is 5.01. The molecule has 0 spiro atoms. The van der Waals surface area contributed by atoms with Crippen LogP contribution in [-0.2, 0) is 4.79 Å². The molecule has 19 heavy (non-hydrogen) atoms. The van der Waals surface area contributed by atoms with Crippen LogP contribution in [0.15, 0.2) is 18.2 Å². The summed E-state index contributed by atoms with van der Waals surface area (Å²) < 4.78 is 26.7. The van der Waals surface area contributed by atoms with Crippen LogP contribution in [0.4, 0.5) is 8.78 Å². The molecule has 3 nitrogen and oxygen atoms in total. The van der Waals surface area contributed by atoms with Gasteiger partial charge in [-0.05, 0) is 37.3 Å². The second-order valence-electron chi connectivity index (χ2n) is 5.01. The molecule has 0 heterocycles. The number of nitrogens with one attached hydrogen (secondary N) is 1. The first-order chi connectivity index (χ1) is 9.04. The van der Waals surface area contributed by atoms with Crippen molar-refractivity contribution < 1.29 is 18.7 Å². The molecule has 1 saturated carbocycles. The smallest absolute Gasteiger partial charge is 0.223 e. The molecular formula is C14H17F2NO2. The first-order valence-corrected chi connectivity index (χ1v) is 6.39. The largest absolute Gasteiger partial charge is 0.396 e. The van der Waals surface area contributed by atoms with Crippen molar-refractivity contribution in [3.8, 4) is 0 Å². The molecule has 1 amide bonds. The highest BCUT2D eigenvalue weighted by Gasteiger charge is 2.45. The number of rotatable bonds is 5. The second kappa shape index (κ2) is 5.65. The monoisotopic (exact) mass is 269 g/mol. The van der Waals surface area contributed by atoms with Crippen LogP contribution < -0.4 is 5.32 Å². The molecule has 1 aliphatic rings. The Labute approximate surface area is 110 Å². The van der Waals surface area contributed by atoms with E-state index < -0.39 is 11.6 Å². The molecule has 0 saturated heterocycles. The summed E-state index contributed by atoms with van der Waals surface area (Å²) in [5.74, 6) is -2.42. The van der Waals surface area contributed by atoms with Crippen molar-refractivity contribution in [3.63, 3.8) is 0 Å². The summed E-state index contributed by atoms with van der Waals surface area (Å²) in [6.45, 7) is 1.81. The molecule has 0 aliphatic heterocycles. The lowest BCUT2D eigenvalue weighted by atomic mass is 10.1. The van der Waals surface area contributed by atoms with E-state index in [4.69, 9.17) is 5.11 Å². The zero-order valence-corrected chi connectivity index (χ0v) is 10.7. The van der Waals surface area contributed by atoms with Crippen molar-refractivity contribution in [1.82, 2.24) is 5.32 Å². The average Bonchev–Trinajstić information content (AvgIpc) is 3.13. The molecule has 2 unspecified atom stereocenters. The van der Waals surface area contributed by atoms with Gasteiger partial charge < -0.3 is 10.4 Å². The summed E-state index contributed by atoms with van der Waals surface area (Å²) in [7, 11) is 0. The van der Waals surface area contributed by atoms with Crippen molar-refractivity contribution in [1.29, 1.82) is 0 Å². The number of aliphatic hydroxyl groups excluding tert-OH is 1. The maximum absolute atomic E-state index is 13.6. The Hall–Kier alpha value is -1.49. The summed E-state index contributed by atoms with van der Waals surface area (Å²) in [5.41, 5.74) is 0.273. The van der Waals surface area contributed by atoms with E-state index in [9.17, 15) is 13.6 Å². The number of hydrogen-bond acceptors (Lipinski definition) is 2. The molecular weight excluding hydrogens is 252 g/mol. The topological polar surface area (TPSA) is 49.3 Å². The molecule has 0 bridgehead atoms. The van der Waals surface area contributed by atoms with Crippen LogP contribution in [0, 0.1) is 17.6 Å². The van der Waals surface area contributed by atoms with E-state index in [2.05, 4.69) is 5.32 Å². The fraction of sp³-hybridized carbons (Fsp3) is 0.500. The Morgan fingerprint density at radius 1 is 1.53 bits per heavy atom. The maximum atomic E-state index is 13.6. The van der Waals surface area contributed by atoms with Gasteiger partial charge in [-0.25, -0.2) is 8.78 Å². The minimum absolute atomic E-state index is 0.00800. The molecule has 5 heteroatoms. The van der Waals surface area contributed by atoms with E-state index in [1.54, 1.807) is 6.92 Å². The minimum Gasteiger partial charge on any atom is -0.396 e. The molecule has 2 rings (SSSR count). The van der Waals surface area contributed by atoms with Crippen LogP contribution in [0.5, 0.6) is 0 Å². The van der Waals surface area contributed by atoms with Gasteiger partial charge in [0.05, 0.1) is 0 Å². The minimum atomic E-state index is -0.878. The van der Waals surface area contributed by atoms with Gasteiger partial charge in [-0.15, -0.1) is 0 Å². The number of aliphatic hydroxyl groups is 1. The van der Waals surface area contributed by atoms with E-state index in [-0.39, 0.29) is 36.0 Å². The summed E-state index contributed by atoms with van der Waals surface area (Å²) in [6, 6.07) is 3.93. The first-order valence-electron chi connectivity index (χ1n) is 6.39. The first kappa shape index (κ1) is 13.9. The standard InChI is InChI=1S/C14H17F2NO2/c1-8(5-6-18)17-14(19)11-7-10(11)9-3-2-4-12(15)13(9)16/h2-4,8,10-11,18H,5-7H2,1H3,(H,17,19)/t8-,10?,11?/m1/s1. The molecule has 0 radical (unpaired) electrons. The predicted octanol–water partition coefficient (Wildman–Crippen LogP) is 1.96. The highest BCUT2D eigenvalue weighted by molar-refractivity contribution is 5.83. The van der Waals surface area contributed by atoms with Crippen molar-refractivity contribution in [2.24, 2.45) is 5.92 Å². The predicted molar refractivity (Wildman–Crippen MR) is 66.5 cm³/mol. The van der Waals surface area contributed by atoms with Gasteiger partial charge in [0.25, 0.3) is 0 Å². The summed E-state index contributed by atoms with van der Waals surface area (Å²) >= 11 is 0. The van der Waals surface area contributed by atoms with Gasteiger partial charge in [0.1, 0.15) is 0 Å². The van der Waals surface area contributed by atoms with Gasteiger partial charge in [0.15, 0.2) is 11.6 Å². The average molecular weight is 269 g/mol. The van der Waals surface area contributed by atoms with Gasteiger partial charge in [-0.3, -0.25) is 4.79 Å². The third-order valence-corrected chi connectivity index (χ3v) is 3.46. The SMILES string of the molecule is C[C@H](CCO)NC(=O)C1CC1c1cccc(F)c1F. The Morgan fingerprint density at radius 2 is 2.26 bits per heavy atom. The zero-order valence-electron chi connectivity index (χ0n) is 10.7. The van der Waals surface area contributed by atoms with E-state index >= 15 is 0 Å². The Balaban J connectivity index is 1.97. The lowest BCUT2D eigenvalue weighted by Crippen LogP contribution is -2.34. The fourth-order valence-corrected chi connectivity index (χ4v) is 2.25. The van der Waals surface area contributed by atoms with Crippen molar-refractivity contribution in [2.75, 3.05) is 6.61 Å². The van der Waals surface area contributed by atoms with Crippen LogP contribution in [-0.4, -0.2) is 23.7 Å². The third-order valence-electron chi connectivity index (χ3n) is 3.46. The third kappa shape index (κ3) is 3.10. The Kier molecular flexibility index (Phi) is 4.14. The Bertz CT molecular complexity index is 479. The maximum Gasteiger partial charge on any atom is 0.223 e. The molecule has 0 aromatic heterocycles. The molecule has 1 aromatic carbocycles. The number of carbonyl (C=O) groups excluding carboxylic acids is 1. The van der Waals surface area contributed by atoms with E-state index in [1.807, 2.05) is 0 Å². The summed E-state index contributed by atoms with van der Waals surface area (Å²) in [4.78, 5) is 11.9. The van der Waals surface area contributed by atoms with E-state index in [0.717, 1.165) is 6.07 Å². The van der Waals surface area contributed by atoms with E-state index in [1.165, 1.54) is 12.1 Å². The van der Waals surface area contributed by atoms with Crippen LogP contribution in [0.1, 0.15) is 31.2 Å².